The van der Waals surface area contributed by atoms with E-state index in [0.29, 0.717) is 29.4 Å². The molecule has 1 saturated heterocycles. The first-order chi connectivity index (χ1) is 12.5. The monoisotopic (exact) mass is 380 g/mol. The molecule has 8 heteroatoms. The number of rotatable bonds is 8. The van der Waals surface area contributed by atoms with Crippen LogP contribution in [0.4, 0.5) is 4.79 Å². The molecule has 1 aromatic carbocycles. The molecule has 0 aromatic heterocycles. The van der Waals surface area contributed by atoms with Gasteiger partial charge in [-0.15, -0.1) is 0 Å². The van der Waals surface area contributed by atoms with Crippen molar-refractivity contribution in [3.8, 4) is 11.5 Å². The second-order valence-corrected chi connectivity index (χ2v) is 6.95. The summed E-state index contributed by atoms with van der Waals surface area (Å²) in [5, 5.41) is 5.33. The number of benzene rings is 1. The Morgan fingerprint density at radius 2 is 2.00 bits per heavy atom. The summed E-state index contributed by atoms with van der Waals surface area (Å²) in [6, 6.07) is 4.21. The van der Waals surface area contributed by atoms with Crippen molar-refractivity contribution in [1.82, 2.24) is 10.6 Å². The molecule has 0 spiro atoms. The number of hydrogen-bond donors (Lipinski definition) is 2. The van der Waals surface area contributed by atoms with Gasteiger partial charge in [0.15, 0.2) is 11.5 Å². The summed E-state index contributed by atoms with van der Waals surface area (Å²) in [7, 11) is 3.07. The normalized spacial score (nSPS) is 19.3. The predicted octanol–water partition coefficient (Wildman–Crippen LogP) is 2.48. The summed E-state index contributed by atoms with van der Waals surface area (Å²) in [5.41, 5.74) is 1.00. The highest BCUT2D eigenvalue weighted by Gasteiger charge is 2.39. The molecule has 0 saturated carbocycles. The van der Waals surface area contributed by atoms with Crippen molar-refractivity contribution in [3.05, 3.63) is 36.0 Å². The van der Waals surface area contributed by atoms with Crippen LogP contribution in [0.15, 0.2) is 30.5 Å². The molecule has 1 aliphatic rings. The van der Waals surface area contributed by atoms with Crippen LogP contribution in [0.25, 0.3) is 0 Å². The van der Waals surface area contributed by atoms with E-state index in [9.17, 15) is 9.59 Å². The van der Waals surface area contributed by atoms with E-state index in [4.69, 9.17) is 14.2 Å². The van der Waals surface area contributed by atoms with Crippen molar-refractivity contribution in [2.45, 2.75) is 13.0 Å². The van der Waals surface area contributed by atoms with Gasteiger partial charge in [0.05, 0.1) is 20.3 Å². The summed E-state index contributed by atoms with van der Waals surface area (Å²) in [6.45, 7) is 6.19. The van der Waals surface area contributed by atoms with Gasteiger partial charge in [-0.05, 0) is 23.4 Å². The first kappa shape index (κ1) is 20.0. The smallest absolute Gasteiger partial charge is 0.319 e. The van der Waals surface area contributed by atoms with Crippen LogP contribution in [0.1, 0.15) is 18.5 Å². The topological polar surface area (TPSA) is 85.9 Å². The summed E-state index contributed by atoms with van der Waals surface area (Å²) in [6.07, 6.45) is 0. The summed E-state index contributed by atoms with van der Waals surface area (Å²) in [4.78, 5) is 24.5. The standard InChI is InChI=1S/C18H24N2O5S/c1-5-26-9-8-25-17(21)15-11(2)19-18(22)20-16(15)12-6-7-13(23-3)14(10-12)24-4/h6-7,10,15-16H,2,5,8-9H2,1,3-4H3,(H2,19,20,22)/t15-,16+/m0/s1. The molecule has 1 heterocycles. The third kappa shape index (κ3) is 4.63. The minimum Gasteiger partial charge on any atom is -0.493 e. The fourth-order valence-corrected chi connectivity index (χ4v) is 3.21. The van der Waals surface area contributed by atoms with Crippen molar-refractivity contribution >= 4 is 23.8 Å². The number of nitrogens with one attached hydrogen (secondary N) is 2. The quantitative estimate of drug-likeness (QED) is 0.532. The van der Waals surface area contributed by atoms with Gasteiger partial charge >= 0.3 is 12.0 Å². The van der Waals surface area contributed by atoms with Gasteiger partial charge < -0.3 is 24.8 Å². The van der Waals surface area contributed by atoms with Gasteiger partial charge in [0, 0.05) is 11.4 Å². The third-order valence-electron chi connectivity index (χ3n) is 3.97. The Kier molecular flexibility index (Phi) is 7.20. The number of carbonyl (C=O) groups excluding carboxylic acids is 2. The maximum Gasteiger partial charge on any atom is 0.319 e. The molecule has 2 N–H and O–H groups in total. The van der Waals surface area contributed by atoms with Gasteiger partial charge in [-0.25, -0.2) is 4.79 Å². The van der Waals surface area contributed by atoms with Crippen molar-refractivity contribution in [3.63, 3.8) is 0 Å². The largest absolute Gasteiger partial charge is 0.493 e. The zero-order valence-electron chi connectivity index (χ0n) is 15.2. The molecule has 142 valence electrons. The lowest BCUT2D eigenvalue weighted by molar-refractivity contribution is -0.147. The molecule has 0 aliphatic carbocycles. The Morgan fingerprint density at radius 1 is 1.27 bits per heavy atom. The van der Waals surface area contributed by atoms with E-state index < -0.39 is 24.0 Å². The molecule has 2 atom stereocenters. The molecule has 26 heavy (non-hydrogen) atoms. The molecule has 0 bridgehead atoms. The highest BCUT2D eigenvalue weighted by Crippen LogP contribution is 2.35. The molecule has 1 aromatic rings. The Morgan fingerprint density at radius 3 is 2.65 bits per heavy atom. The van der Waals surface area contributed by atoms with Crippen molar-refractivity contribution < 1.29 is 23.8 Å². The van der Waals surface area contributed by atoms with Crippen molar-refractivity contribution in [2.75, 3.05) is 32.3 Å². The Labute approximate surface area is 157 Å². The van der Waals surface area contributed by atoms with E-state index in [1.165, 1.54) is 7.11 Å². The number of thioether (sulfide) groups is 1. The van der Waals surface area contributed by atoms with Gasteiger partial charge in [0.25, 0.3) is 0 Å². The van der Waals surface area contributed by atoms with E-state index >= 15 is 0 Å². The molecule has 1 aliphatic heterocycles. The number of hydrogen-bond acceptors (Lipinski definition) is 6. The summed E-state index contributed by atoms with van der Waals surface area (Å²) in [5.74, 6) is 1.58. The third-order valence-corrected chi connectivity index (χ3v) is 4.83. The summed E-state index contributed by atoms with van der Waals surface area (Å²) < 4.78 is 15.9. The number of carbonyl (C=O) groups is 2. The van der Waals surface area contributed by atoms with E-state index in [1.807, 2.05) is 6.92 Å². The zero-order chi connectivity index (χ0) is 19.1. The molecular weight excluding hydrogens is 356 g/mol. The molecule has 0 unspecified atom stereocenters. The van der Waals surface area contributed by atoms with Gasteiger partial charge in [0.1, 0.15) is 12.5 Å². The van der Waals surface area contributed by atoms with Crippen LogP contribution < -0.4 is 20.1 Å². The number of methoxy groups -OCH3 is 2. The maximum atomic E-state index is 12.6. The summed E-state index contributed by atoms with van der Waals surface area (Å²) >= 11 is 1.69. The van der Waals surface area contributed by atoms with Gasteiger partial charge in [-0.3, -0.25) is 4.79 Å². The minimum absolute atomic E-state index is 0.307. The predicted molar refractivity (Wildman–Crippen MR) is 101 cm³/mol. The van der Waals surface area contributed by atoms with Crippen LogP contribution in [0.2, 0.25) is 0 Å². The van der Waals surface area contributed by atoms with E-state index in [-0.39, 0.29) is 0 Å². The second-order valence-electron chi connectivity index (χ2n) is 5.56. The van der Waals surface area contributed by atoms with Crippen LogP contribution in [-0.2, 0) is 9.53 Å². The lowest BCUT2D eigenvalue weighted by Gasteiger charge is -2.33. The van der Waals surface area contributed by atoms with Crippen LogP contribution >= 0.6 is 11.8 Å². The van der Waals surface area contributed by atoms with Crippen molar-refractivity contribution in [2.24, 2.45) is 5.92 Å². The van der Waals surface area contributed by atoms with Crippen molar-refractivity contribution in [1.29, 1.82) is 0 Å². The number of esters is 1. The Bertz CT molecular complexity index is 680. The first-order valence-corrected chi connectivity index (χ1v) is 9.39. The molecule has 7 nitrogen and oxygen atoms in total. The number of amides is 2. The minimum atomic E-state index is -0.738. The van der Waals surface area contributed by atoms with Gasteiger partial charge in [-0.2, -0.15) is 11.8 Å². The molecule has 2 amide bonds. The van der Waals surface area contributed by atoms with Crippen LogP contribution in [0.5, 0.6) is 11.5 Å². The molecule has 1 fully saturated rings. The zero-order valence-corrected chi connectivity index (χ0v) is 16.0. The van der Waals surface area contributed by atoms with E-state index in [0.717, 1.165) is 11.5 Å². The average Bonchev–Trinajstić information content (AvgIpc) is 2.63. The highest BCUT2D eigenvalue weighted by molar-refractivity contribution is 7.99. The van der Waals surface area contributed by atoms with Gasteiger partial charge in [0.2, 0.25) is 0 Å². The fraction of sp³-hybridized carbons (Fsp3) is 0.444. The molecular formula is C18H24N2O5S. The van der Waals surface area contributed by atoms with Crippen LogP contribution in [0, 0.1) is 5.92 Å². The maximum absolute atomic E-state index is 12.6. The number of urea groups is 1. The van der Waals surface area contributed by atoms with E-state index in [1.54, 1.807) is 37.1 Å². The Hall–Kier alpha value is -2.35. The fourth-order valence-electron chi connectivity index (χ4n) is 2.72. The lowest BCUT2D eigenvalue weighted by Crippen LogP contribution is -2.51. The van der Waals surface area contributed by atoms with E-state index in [2.05, 4.69) is 17.2 Å². The highest BCUT2D eigenvalue weighted by atomic mass is 32.2. The average molecular weight is 380 g/mol. The first-order valence-electron chi connectivity index (χ1n) is 8.24. The molecule has 0 radical (unpaired) electrons. The van der Waals surface area contributed by atoms with Gasteiger partial charge in [-0.1, -0.05) is 19.6 Å². The van der Waals surface area contributed by atoms with Crippen LogP contribution in [0.3, 0.4) is 0 Å². The lowest BCUT2D eigenvalue weighted by atomic mass is 9.89. The number of ether oxygens (including phenoxy) is 3. The SMILES string of the molecule is C=C1NC(=O)N[C@H](c2ccc(OC)c(OC)c2)[C@H]1C(=O)OCCSCC. The Balaban J connectivity index is 2.25. The second kappa shape index (κ2) is 9.38. The molecule has 2 rings (SSSR count). The van der Waals surface area contributed by atoms with Crippen LogP contribution in [-0.4, -0.2) is 44.3 Å².